The van der Waals surface area contributed by atoms with Crippen LogP contribution in [-0.2, 0) is 6.54 Å². The zero-order chi connectivity index (χ0) is 18.1. The predicted molar refractivity (Wildman–Crippen MR) is 102 cm³/mol. The van der Waals surface area contributed by atoms with Crippen LogP contribution in [0.5, 0.6) is 0 Å². The smallest absolute Gasteiger partial charge is 0.340 e. The summed E-state index contributed by atoms with van der Waals surface area (Å²) in [5.41, 5.74) is 2.42. The van der Waals surface area contributed by atoms with Gasteiger partial charge < -0.3 is 5.32 Å². The molecule has 26 heavy (non-hydrogen) atoms. The van der Waals surface area contributed by atoms with Crippen molar-refractivity contribution in [2.75, 3.05) is 5.32 Å². The normalized spacial score (nSPS) is 11.0. The third-order valence-corrected chi connectivity index (χ3v) is 4.28. The molecule has 0 fully saturated rings. The quantitative estimate of drug-likeness (QED) is 0.599. The van der Waals surface area contributed by atoms with E-state index in [0.717, 1.165) is 16.9 Å². The van der Waals surface area contributed by atoms with E-state index in [1.807, 2.05) is 55.5 Å². The largest absolute Gasteiger partial charge is 0.352 e. The molecule has 0 saturated carbocycles. The maximum absolute atomic E-state index is 12.7. The van der Waals surface area contributed by atoms with Crippen LogP contribution in [0.25, 0.3) is 5.78 Å². The first kappa shape index (κ1) is 16.4. The molecule has 0 saturated heterocycles. The molecule has 130 valence electrons. The number of halogens is 1. The van der Waals surface area contributed by atoms with Gasteiger partial charge in [0.1, 0.15) is 5.82 Å². The summed E-state index contributed by atoms with van der Waals surface area (Å²) >= 11 is 5.91. The van der Waals surface area contributed by atoms with Crippen molar-refractivity contribution < 1.29 is 0 Å². The van der Waals surface area contributed by atoms with Crippen LogP contribution in [0.4, 0.5) is 11.5 Å². The molecule has 6 nitrogen and oxygen atoms in total. The molecular weight excluding hydrogens is 350 g/mol. The van der Waals surface area contributed by atoms with Gasteiger partial charge in [-0.25, -0.2) is 13.9 Å². The monoisotopic (exact) mass is 365 g/mol. The summed E-state index contributed by atoms with van der Waals surface area (Å²) in [6.07, 6.45) is 0. The van der Waals surface area contributed by atoms with E-state index in [9.17, 15) is 4.79 Å². The van der Waals surface area contributed by atoms with Crippen LogP contribution < -0.4 is 11.0 Å². The molecule has 7 heteroatoms. The van der Waals surface area contributed by atoms with Crippen molar-refractivity contribution in [3.05, 3.63) is 87.4 Å². The number of rotatable bonds is 4. The zero-order valence-corrected chi connectivity index (χ0v) is 14.8. The molecule has 0 amide bonds. The number of hydrogen-bond donors (Lipinski definition) is 1. The van der Waals surface area contributed by atoms with Crippen molar-refractivity contribution in [2.24, 2.45) is 0 Å². The third kappa shape index (κ3) is 3.19. The zero-order valence-electron chi connectivity index (χ0n) is 14.1. The lowest BCUT2D eigenvalue weighted by atomic mass is 10.2. The Kier molecular flexibility index (Phi) is 4.18. The fourth-order valence-corrected chi connectivity index (χ4v) is 2.90. The predicted octanol–water partition coefficient (Wildman–Crippen LogP) is 3.64. The molecule has 1 N–H and O–H groups in total. The molecule has 4 aromatic rings. The van der Waals surface area contributed by atoms with E-state index < -0.39 is 0 Å². The molecule has 2 aromatic heterocycles. The number of nitrogens with one attached hydrogen (secondary N) is 1. The van der Waals surface area contributed by atoms with Crippen molar-refractivity contribution in [3.63, 3.8) is 0 Å². The van der Waals surface area contributed by atoms with Gasteiger partial charge in [-0.3, -0.25) is 0 Å². The highest BCUT2D eigenvalue weighted by Gasteiger charge is 2.12. The molecule has 0 bridgehead atoms. The number of aromatic nitrogens is 4. The number of fused-ring (bicyclic) bond motifs is 1. The number of nitrogens with zero attached hydrogens (tertiary/aromatic N) is 4. The lowest BCUT2D eigenvalue weighted by Gasteiger charge is -2.06. The average molecular weight is 366 g/mol. The molecule has 0 radical (unpaired) electrons. The van der Waals surface area contributed by atoms with Gasteiger partial charge in [-0.05, 0) is 36.8 Å². The number of aryl methyl sites for hydroxylation is 1. The molecule has 0 atom stereocenters. The van der Waals surface area contributed by atoms with E-state index >= 15 is 0 Å². The molecule has 0 spiro atoms. The van der Waals surface area contributed by atoms with Gasteiger partial charge in [0.25, 0.3) is 5.78 Å². The van der Waals surface area contributed by atoms with Gasteiger partial charge in [-0.15, -0.1) is 5.10 Å². The van der Waals surface area contributed by atoms with Crippen LogP contribution in [0.1, 0.15) is 11.3 Å². The van der Waals surface area contributed by atoms with Crippen LogP contribution in [0.3, 0.4) is 0 Å². The Morgan fingerprint density at radius 3 is 2.54 bits per heavy atom. The summed E-state index contributed by atoms with van der Waals surface area (Å²) in [5, 5.41) is 8.26. The van der Waals surface area contributed by atoms with Gasteiger partial charge >= 0.3 is 5.69 Å². The minimum absolute atomic E-state index is 0.216. The highest BCUT2D eigenvalue weighted by Crippen LogP contribution is 2.16. The van der Waals surface area contributed by atoms with Crippen LogP contribution in [0, 0.1) is 6.92 Å². The second-order valence-electron chi connectivity index (χ2n) is 5.98. The van der Waals surface area contributed by atoms with Crippen LogP contribution in [0.2, 0.25) is 5.02 Å². The first-order valence-electron chi connectivity index (χ1n) is 8.14. The Morgan fingerprint density at radius 2 is 1.81 bits per heavy atom. The van der Waals surface area contributed by atoms with Crippen LogP contribution >= 0.6 is 11.6 Å². The summed E-state index contributed by atoms with van der Waals surface area (Å²) in [4.78, 5) is 17.1. The summed E-state index contributed by atoms with van der Waals surface area (Å²) in [6, 6.07) is 18.9. The van der Waals surface area contributed by atoms with Crippen molar-refractivity contribution in [1.82, 2.24) is 19.2 Å². The topological polar surface area (TPSA) is 64.2 Å². The molecule has 2 heterocycles. The van der Waals surface area contributed by atoms with Crippen molar-refractivity contribution in [2.45, 2.75) is 13.5 Å². The van der Waals surface area contributed by atoms with E-state index in [2.05, 4.69) is 15.4 Å². The van der Waals surface area contributed by atoms with Crippen molar-refractivity contribution >= 4 is 28.9 Å². The lowest BCUT2D eigenvalue weighted by molar-refractivity contribution is 0.657. The van der Waals surface area contributed by atoms with E-state index in [0.29, 0.717) is 23.2 Å². The molecule has 2 aromatic carbocycles. The summed E-state index contributed by atoms with van der Waals surface area (Å²) in [5.74, 6) is 1.01. The molecule has 0 unspecified atom stereocenters. The first-order valence-corrected chi connectivity index (χ1v) is 8.52. The SMILES string of the molecule is Cc1cc(Nc2ccccc2)nc2nn(Cc3ccc(Cl)cc3)c(=O)n12. The van der Waals surface area contributed by atoms with Crippen molar-refractivity contribution in [3.8, 4) is 0 Å². The average Bonchev–Trinajstić information content (AvgIpc) is 2.94. The fraction of sp³-hybridized carbons (Fsp3) is 0.105. The molecule has 0 aliphatic rings. The van der Waals surface area contributed by atoms with Crippen molar-refractivity contribution in [1.29, 1.82) is 0 Å². The molecular formula is C19H16ClN5O. The van der Waals surface area contributed by atoms with Crippen LogP contribution in [-0.4, -0.2) is 19.2 Å². The summed E-state index contributed by atoms with van der Waals surface area (Å²) < 4.78 is 2.91. The molecule has 0 aliphatic heterocycles. The van der Waals surface area contributed by atoms with Gasteiger partial charge in [-0.2, -0.15) is 4.98 Å². The number of para-hydroxylation sites is 1. The number of benzene rings is 2. The third-order valence-electron chi connectivity index (χ3n) is 4.03. The Balaban J connectivity index is 1.70. The maximum Gasteiger partial charge on any atom is 0.352 e. The number of anilines is 2. The second kappa shape index (κ2) is 6.65. The summed E-state index contributed by atoms with van der Waals surface area (Å²) in [7, 11) is 0. The van der Waals surface area contributed by atoms with Gasteiger partial charge in [-0.1, -0.05) is 41.9 Å². The second-order valence-corrected chi connectivity index (χ2v) is 6.41. The Morgan fingerprint density at radius 1 is 1.08 bits per heavy atom. The lowest BCUT2D eigenvalue weighted by Crippen LogP contribution is -2.22. The minimum Gasteiger partial charge on any atom is -0.340 e. The van der Waals surface area contributed by atoms with E-state index in [1.165, 1.54) is 9.08 Å². The highest BCUT2D eigenvalue weighted by atomic mass is 35.5. The Labute approximate surface area is 154 Å². The minimum atomic E-state index is -0.216. The van der Waals surface area contributed by atoms with Crippen LogP contribution in [0.15, 0.2) is 65.5 Å². The Bertz CT molecular complexity index is 1120. The van der Waals surface area contributed by atoms with E-state index in [1.54, 1.807) is 12.1 Å². The van der Waals surface area contributed by atoms with E-state index in [-0.39, 0.29) is 5.69 Å². The van der Waals surface area contributed by atoms with Gasteiger partial charge in [0.2, 0.25) is 0 Å². The van der Waals surface area contributed by atoms with Gasteiger partial charge in [0.05, 0.1) is 6.54 Å². The maximum atomic E-state index is 12.7. The van der Waals surface area contributed by atoms with Gasteiger partial charge in [0.15, 0.2) is 0 Å². The van der Waals surface area contributed by atoms with Gasteiger partial charge in [0, 0.05) is 22.5 Å². The molecule has 0 aliphatic carbocycles. The standard InChI is InChI=1S/C19H16ClN5O/c1-13-11-17(21-16-5-3-2-4-6-16)22-18-23-24(19(26)25(13)18)12-14-7-9-15(20)10-8-14/h2-11H,12H2,1H3,(H,21,22,23). The fourth-order valence-electron chi connectivity index (χ4n) is 2.78. The number of hydrogen-bond acceptors (Lipinski definition) is 4. The highest BCUT2D eigenvalue weighted by molar-refractivity contribution is 6.30. The first-order chi connectivity index (χ1) is 12.6. The summed E-state index contributed by atoms with van der Waals surface area (Å²) in [6.45, 7) is 2.22. The molecule has 4 rings (SSSR count). The Hall–Kier alpha value is -3.12. The van der Waals surface area contributed by atoms with E-state index in [4.69, 9.17) is 11.6 Å².